The SMILES string of the molecule is CC1C2CCCN2CCN1Cc1ccc(F)c(Br)c1. The molecule has 2 unspecified atom stereocenters. The van der Waals surface area contributed by atoms with Crippen molar-refractivity contribution in [3.05, 3.63) is 34.1 Å². The molecule has 1 aromatic carbocycles. The number of halogens is 2. The van der Waals surface area contributed by atoms with Gasteiger partial charge in [-0.25, -0.2) is 4.39 Å². The van der Waals surface area contributed by atoms with Gasteiger partial charge >= 0.3 is 0 Å². The van der Waals surface area contributed by atoms with Crippen LogP contribution in [0.4, 0.5) is 4.39 Å². The molecule has 104 valence electrons. The molecule has 19 heavy (non-hydrogen) atoms. The molecule has 0 amide bonds. The third-order valence-electron chi connectivity index (χ3n) is 4.59. The fourth-order valence-electron chi connectivity index (χ4n) is 3.48. The van der Waals surface area contributed by atoms with Crippen molar-refractivity contribution in [1.29, 1.82) is 0 Å². The highest BCUT2D eigenvalue weighted by Gasteiger charge is 2.36. The molecule has 2 heterocycles. The lowest BCUT2D eigenvalue weighted by molar-refractivity contribution is 0.0470. The van der Waals surface area contributed by atoms with Crippen molar-refractivity contribution in [2.45, 2.75) is 38.4 Å². The van der Waals surface area contributed by atoms with Gasteiger partial charge in [0.05, 0.1) is 4.47 Å². The molecule has 4 heteroatoms. The van der Waals surface area contributed by atoms with Crippen LogP contribution in [0.2, 0.25) is 0 Å². The number of piperazine rings is 1. The minimum Gasteiger partial charge on any atom is -0.298 e. The first kappa shape index (κ1) is 13.5. The van der Waals surface area contributed by atoms with E-state index in [4.69, 9.17) is 0 Å². The van der Waals surface area contributed by atoms with Gasteiger partial charge in [-0.15, -0.1) is 0 Å². The summed E-state index contributed by atoms with van der Waals surface area (Å²) in [4.78, 5) is 5.16. The molecule has 0 radical (unpaired) electrons. The third kappa shape index (κ3) is 2.71. The highest BCUT2D eigenvalue weighted by atomic mass is 79.9. The largest absolute Gasteiger partial charge is 0.298 e. The Kier molecular flexibility index (Phi) is 3.92. The Labute approximate surface area is 122 Å². The van der Waals surface area contributed by atoms with Gasteiger partial charge in [-0.2, -0.15) is 0 Å². The molecule has 2 nitrogen and oxygen atoms in total. The van der Waals surface area contributed by atoms with Gasteiger partial charge in [0.25, 0.3) is 0 Å². The zero-order valence-electron chi connectivity index (χ0n) is 11.3. The van der Waals surface area contributed by atoms with E-state index in [1.54, 1.807) is 6.07 Å². The Hall–Kier alpha value is -0.450. The molecule has 0 aromatic heterocycles. The quantitative estimate of drug-likeness (QED) is 0.823. The molecule has 1 aromatic rings. The van der Waals surface area contributed by atoms with E-state index in [0.29, 0.717) is 10.5 Å². The smallest absolute Gasteiger partial charge is 0.137 e. The number of nitrogens with zero attached hydrogens (tertiary/aromatic N) is 2. The summed E-state index contributed by atoms with van der Waals surface area (Å²) >= 11 is 3.27. The van der Waals surface area contributed by atoms with E-state index in [-0.39, 0.29) is 5.82 Å². The van der Waals surface area contributed by atoms with Crippen LogP contribution in [0.15, 0.2) is 22.7 Å². The van der Waals surface area contributed by atoms with Crippen LogP contribution in [0.1, 0.15) is 25.3 Å². The number of hydrogen-bond donors (Lipinski definition) is 0. The fraction of sp³-hybridized carbons (Fsp3) is 0.600. The summed E-state index contributed by atoms with van der Waals surface area (Å²) in [7, 11) is 0. The zero-order chi connectivity index (χ0) is 13.4. The van der Waals surface area contributed by atoms with Crippen LogP contribution in [0.3, 0.4) is 0 Å². The molecule has 2 saturated heterocycles. The summed E-state index contributed by atoms with van der Waals surface area (Å²) in [6.07, 6.45) is 2.66. The Morgan fingerprint density at radius 2 is 2.16 bits per heavy atom. The molecule has 2 fully saturated rings. The van der Waals surface area contributed by atoms with Gasteiger partial charge in [0, 0.05) is 31.7 Å². The van der Waals surface area contributed by atoms with Crippen molar-refractivity contribution in [3.8, 4) is 0 Å². The van der Waals surface area contributed by atoms with E-state index in [0.717, 1.165) is 19.1 Å². The Morgan fingerprint density at radius 1 is 1.32 bits per heavy atom. The predicted molar refractivity (Wildman–Crippen MR) is 78.6 cm³/mol. The van der Waals surface area contributed by atoms with Crippen molar-refractivity contribution in [2.24, 2.45) is 0 Å². The maximum absolute atomic E-state index is 13.3. The average molecular weight is 327 g/mol. The van der Waals surface area contributed by atoms with Crippen LogP contribution in [0.25, 0.3) is 0 Å². The van der Waals surface area contributed by atoms with Crippen molar-refractivity contribution < 1.29 is 4.39 Å². The van der Waals surface area contributed by atoms with Crippen molar-refractivity contribution in [2.75, 3.05) is 19.6 Å². The first-order chi connectivity index (χ1) is 9.15. The highest BCUT2D eigenvalue weighted by molar-refractivity contribution is 9.10. The van der Waals surface area contributed by atoms with Crippen LogP contribution in [0, 0.1) is 5.82 Å². The van der Waals surface area contributed by atoms with Crippen molar-refractivity contribution in [3.63, 3.8) is 0 Å². The Morgan fingerprint density at radius 3 is 2.95 bits per heavy atom. The first-order valence-electron chi connectivity index (χ1n) is 7.07. The third-order valence-corrected chi connectivity index (χ3v) is 5.20. The standard InChI is InChI=1S/C15H20BrFN2/c1-11-15-3-2-6-18(15)7-8-19(11)10-12-4-5-14(17)13(16)9-12/h4-5,9,11,15H,2-3,6-8,10H2,1H3. The lowest BCUT2D eigenvalue weighted by Gasteiger charge is -2.43. The van der Waals surface area contributed by atoms with Gasteiger partial charge in [-0.1, -0.05) is 6.07 Å². The number of benzene rings is 1. The van der Waals surface area contributed by atoms with E-state index >= 15 is 0 Å². The van der Waals surface area contributed by atoms with Gasteiger partial charge < -0.3 is 0 Å². The summed E-state index contributed by atoms with van der Waals surface area (Å²) in [5.74, 6) is -0.183. The van der Waals surface area contributed by atoms with E-state index in [1.165, 1.54) is 31.5 Å². The van der Waals surface area contributed by atoms with Gasteiger partial charge in [-0.05, 0) is 59.9 Å². The van der Waals surface area contributed by atoms with Gasteiger partial charge in [0.1, 0.15) is 5.82 Å². The summed E-state index contributed by atoms with van der Waals surface area (Å²) in [6, 6.07) is 6.67. The van der Waals surface area contributed by atoms with Crippen molar-refractivity contribution >= 4 is 15.9 Å². The first-order valence-corrected chi connectivity index (χ1v) is 7.86. The Bertz CT molecular complexity index is 465. The van der Waals surface area contributed by atoms with Crippen molar-refractivity contribution in [1.82, 2.24) is 9.80 Å². The lowest BCUT2D eigenvalue weighted by atomic mass is 10.0. The van der Waals surface area contributed by atoms with E-state index in [9.17, 15) is 4.39 Å². The van der Waals surface area contributed by atoms with Crippen LogP contribution in [0.5, 0.6) is 0 Å². The minimum atomic E-state index is -0.183. The topological polar surface area (TPSA) is 6.48 Å². The molecular weight excluding hydrogens is 307 g/mol. The molecular formula is C15H20BrFN2. The molecule has 3 rings (SSSR count). The summed E-state index contributed by atoms with van der Waals surface area (Å²) < 4.78 is 13.8. The van der Waals surface area contributed by atoms with E-state index in [1.807, 2.05) is 12.1 Å². The van der Waals surface area contributed by atoms with Crippen LogP contribution in [-0.2, 0) is 6.54 Å². The minimum absolute atomic E-state index is 0.183. The predicted octanol–water partition coefficient (Wildman–Crippen LogP) is 3.26. The molecule has 2 atom stereocenters. The van der Waals surface area contributed by atoms with Gasteiger partial charge in [0.15, 0.2) is 0 Å². The van der Waals surface area contributed by atoms with Gasteiger partial charge in [-0.3, -0.25) is 9.80 Å². The molecule has 2 aliphatic rings. The second-order valence-corrected chi connectivity index (χ2v) is 6.56. The molecule has 0 saturated carbocycles. The molecule has 0 N–H and O–H groups in total. The van der Waals surface area contributed by atoms with Crippen LogP contribution < -0.4 is 0 Å². The number of rotatable bonds is 2. The van der Waals surface area contributed by atoms with Gasteiger partial charge in [0.2, 0.25) is 0 Å². The monoisotopic (exact) mass is 326 g/mol. The second kappa shape index (κ2) is 5.51. The van der Waals surface area contributed by atoms with Crippen LogP contribution in [-0.4, -0.2) is 41.5 Å². The summed E-state index contributed by atoms with van der Waals surface area (Å²) in [6.45, 7) is 6.82. The number of hydrogen-bond acceptors (Lipinski definition) is 2. The maximum Gasteiger partial charge on any atom is 0.137 e. The summed E-state index contributed by atoms with van der Waals surface area (Å²) in [5.41, 5.74) is 1.19. The highest BCUT2D eigenvalue weighted by Crippen LogP contribution is 2.28. The van der Waals surface area contributed by atoms with Crippen LogP contribution >= 0.6 is 15.9 Å². The molecule has 0 spiro atoms. The fourth-order valence-corrected chi connectivity index (χ4v) is 3.90. The van der Waals surface area contributed by atoms with E-state index in [2.05, 4.69) is 32.7 Å². The number of fused-ring (bicyclic) bond motifs is 1. The zero-order valence-corrected chi connectivity index (χ0v) is 12.9. The second-order valence-electron chi connectivity index (χ2n) is 5.71. The lowest BCUT2D eigenvalue weighted by Crippen LogP contribution is -2.55. The average Bonchev–Trinajstić information content (AvgIpc) is 2.86. The Balaban J connectivity index is 1.70. The maximum atomic E-state index is 13.3. The summed E-state index contributed by atoms with van der Waals surface area (Å²) in [5, 5.41) is 0. The normalized spacial score (nSPS) is 28.6. The molecule has 0 bridgehead atoms. The molecule has 0 aliphatic carbocycles. The molecule has 2 aliphatic heterocycles. The van der Waals surface area contributed by atoms with E-state index < -0.39 is 0 Å².